The normalized spacial score (nSPS) is 14.3. The van der Waals surface area contributed by atoms with Gasteiger partial charge < -0.3 is 37.6 Å². The number of carbonyl (C=O) groups is 3. The van der Waals surface area contributed by atoms with Crippen molar-refractivity contribution in [3.63, 3.8) is 0 Å². The summed E-state index contributed by atoms with van der Waals surface area (Å²) in [5.41, 5.74) is -0.188. The molecule has 4 atom stereocenters. The van der Waals surface area contributed by atoms with Gasteiger partial charge in [0.25, 0.3) is 11.5 Å². The average molecular weight is 1170 g/mol. The highest BCUT2D eigenvalue weighted by molar-refractivity contribution is 6.74. The quantitative estimate of drug-likeness (QED) is 0.0384. The largest absolute Gasteiger partial charge is 0.497 e. The fourth-order valence-electron chi connectivity index (χ4n) is 8.35. The zero-order valence-electron chi connectivity index (χ0n) is 49.6. The van der Waals surface area contributed by atoms with Crippen LogP contribution in [-0.2, 0) is 33.8 Å². The first-order valence-electron chi connectivity index (χ1n) is 26.9. The minimum Gasteiger partial charge on any atom is -0.497 e. The van der Waals surface area contributed by atoms with Crippen LogP contribution in [0.2, 0.25) is 18.1 Å². The van der Waals surface area contributed by atoms with Gasteiger partial charge in [-0.2, -0.15) is 4.57 Å². The van der Waals surface area contributed by atoms with Gasteiger partial charge in [-0.3, -0.25) is 19.0 Å². The van der Waals surface area contributed by atoms with Gasteiger partial charge >= 0.3 is 11.7 Å². The van der Waals surface area contributed by atoms with Crippen LogP contribution >= 0.6 is 0 Å². The third kappa shape index (κ3) is 17.3. The number of hydrogen-bond acceptors (Lipinski definition) is 12. The maximum Gasteiger partial charge on any atom is 0.340 e. The van der Waals surface area contributed by atoms with Crippen molar-refractivity contribution in [2.24, 2.45) is 0 Å². The second-order valence-corrected chi connectivity index (χ2v) is 25.3. The molecule has 6 rings (SSSR count). The Hall–Kier alpha value is -11.0. The van der Waals surface area contributed by atoms with Crippen LogP contribution in [0.1, 0.15) is 84.9 Å². The zero-order valence-corrected chi connectivity index (χ0v) is 50.6. The maximum absolute atomic E-state index is 15.1. The van der Waals surface area contributed by atoms with Crippen molar-refractivity contribution < 1.29 is 47.2 Å². The molecule has 432 valence electrons. The molecule has 0 radical (unpaired) electrons. The van der Waals surface area contributed by atoms with Crippen molar-refractivity contribution in [2.75, 3.05) is 20.8 Å². The lowest BCUT2D eigenvalue weighted by Gasteiger charge is -2.40. The first kappa shape index (κ1) is 65.2. The monoisotopic (exact) mass is 1170 g/mol. The van der Waals surface area contributed by atoms with Crippen LogP contribution in [0.4, 0.5) is 0 Å². The molecule has 0 spiro atoms. The Bertz CT molecular complexity index is 4240. The highest BCUT2D eigenvalue weighted by atomic mass is 28.4. The fourth-order valence-corrected chi connectivity index (χ4v) is 9.64. The van der Waals surface area contributed by atoms with Crippen molar-refractivity contribution >= 4 is 26.0 Å². The number of terminal acetylenes is 1. The number of rotatable bonds is 17. The standard InChI is InChI=1S/C72H58N2O12Si/c1-12-13-14-15-16-17-18-19-20-21-22-23-24-25-26-27-28-29-30-34-49-82-62-51-56(50-53(2)55(62)4)68(78)74-64(76)47-48-73(70(74)79)69-67(86-87(10,11)71(5,6)7)66(85-65(77)46-37-54(3)75)63(84-69)52-83-72(57-35-32-31-33-36-57,58-38-42-60(80-8)43-39-58)59-40-44-61(81-9)45-41-59/h1,31-33,35-36,38-45,47-48,50-51,63,66-67,69H,37,46,52H2,2-11H3/t63-,66+,67?,69-/m1/s1. The zero-order chi connectivity index (χ0) is 63.0. The van der Waals surface area contributed by atoms with E-state index in [9.17, 15) is 19.2 Å². The summed E-state index contributed by atoms with van der Waals surface area (Å²) in [5.74, 6) is 48.9. The summed E-state index contributed by atoms with van der Waals surface area (Å²) in [4.78, 5) is 69.8. The number of esters is 1. The van der Waals surface area contributed by atoms with Gasteiger partial charge in [0.1, 0.15) is 46.9 Å². The molecular formula is C72H58N2O12Si. The van der Waals surface area contributed by atoms with E-state index in [0.29, 0.717) is 38.3 Å². The van der Waals surface area contributed by atoms with Crippen molar-refractivity contribution in [1.29, 1.82) is 0 Å². The van der Waals surface area contributed by atoms with E-state index >= 15 is 4.79 Å². The van der Waals surface area contributed by atoms with Gasteiger partial charge in [0, 0.05) is 95.3 Å². The number of ketones is 1. The second kappa shape index (κ2) is 31.1. The lowest BCUT2D eigenvalue weighted by atomic mass is 9.80. The number of aromatic nitrogens is 2. The van der Waals surface area contributed by atoms with Gasteiger partial charge in [-0.05, 0) is 150 Å². The lowest BCUT2D eigenvalue weighted by molar-refractivity contribution is -0.159. The van der Waals surface area contributed by atoms with Crippen molar-refractivity contribution in [3.8, 4) is 148 Å². The number of benzene rings is 4. The molecule has 5 aromatic rings. The third-order valence-electron chi connectivity index (χ3n) is 13.9. The third-order valence-corrected chi connectivity index (χ3v) is 18.3. The molecule has 0 saturated carbocycles. The molecule has 14 nitrogen and oxygen atoms in total. The topological polar surface area (TPSA) is 160 Å². The van der Waals surface area contributed by atoms with E-state index in [0.717, 1.165) is 16.2 Å². The Kier molecular flexibility index (Phi) is 23.3. The van der Waals surface area contributed by atoms with Crippen LogP contribution in [0.15, 0.2) is 113 Å². The van der Waals surface area contributed by atoms with E-state index in [1.807, 2.05) is 113 Å². The van der Waals surface area contributed by atoms with Crippen LogP contribution in [0.25, 0.3) is 0 Å². The predicted molar refractivity (Wildman–Crippen MR) is 332 cm³/mol. The Morgan fingerprint density at radius 3 is 1.62 bits per heavy atom. The molecule has 0 bridgehead atoms. The van der Waals surface area contributed by atoms with Gasteiger partial charge in [0.05, 0.1) is 27.2 Å². The SMILES string of the molecule is C#CC#CC#CC#CC#CC#CC#CC#CC#CC#CC#COc1cc(C(=O)n2c(=O)ccn([C@@H]3O[C@H](COC(c4ccccc4)(c4ccc(OC)cc4)c4ccc(OC)cc4)[C@H](OC(=O)CCC(C)=O)C3O[Si](C)(C)C(C)(C)C)c2=O)cc(C)c1C. The minimum atomic E-state index is -2.92. The number of Topliss-reactive ketones (excluding diaryl/α,β-unsaturated/α-hetero) is 1. The number of methoxy groups -OCH3 is 2. The molecule has 1 aromatic heterocycles. The number of ether oxygens (including phenoxy) is 6. The van der Waals surface area contributed by atoms with E-state index in [2.05, 4.69) is 125 Å². The van der Waals surface area contributed by atoms with Crippen LogP contribution in [-0.4, -0.2) is 74.2 Å². The van der Waals surface area contributed by atoms with Crippen LogP contribution in [0.3, 0.4) is 0 Å². The Labute approximate surface area is 509 Å². The Balaban J connectivity index is 1.35. The number of carbonyl (C=O) groups excluding carboxylic acids is 3. The second-order valence-electron chi connectivity index (χ2n) is 20.5. The van der Waals surface area contributed by atoms with E-state index in [1.54, 1.807) is 28.1 Å². The molecule has 1 aliphatic rings. The molecule has 0 amide bonds. The number of aryl methyl sites for hydroxylation is 1. The molecule has 4 aromatic carbocycles. The summed E-state index contributed by atoms with van der Waals surface area (Å²) in [6.07, 6.45) is 3.17. The van der Waals surface area contributed by atoms with E-state index in [1.165, 1.54) is 25.3 Å². The highest BCUT2D eigenvalue weighted by Crippen LogP contribution is 2.46. The molecule has 1 saturated heterocycles. The Morgan fingerprint density at radius 1 is 0.644 bits per heavy atom. The molecule has 1 fully saturated rings. The van der Waals surface area contributed by atoms with Crippen molar-refractivity contribution in [1.82, 2.24) is 9.13 Å². The summed E-state index contributed by atoms with van der Waals surface area (Å²) >= 11 is 0. The van der Waals surface area contributed by atoms with Gasteiger partial charge in [-0.25, -0.2) is 4.79 Å². The lowest BCUT2D eigenvalue weighted by Crippen LogP contribution is -2.52. The maximum atomic E-state index is 15.1. The van der Waals surface area contributed by atoms with Gasteiger partial charge in [-0.1, -0.05) is 75.4 Å². The minimum absolute atomic E-state index is 0.0806. The van der Waals surface area contributed by atoms with Gasteiger partial charge in [0.15, 0.2) is 20.6 Å². The number of hydrogen-bond donors (Lipinski definition) is 0. The van der Waals surface area contributed by atoms with E-state index < -0.39 is 66.6 Å². The molecule has 1 unspecified atom stereocenters. The average Bonchev–Trinajstić information content (AvgIpc) is 1.98. The molecule has 15 heteroatoms. The van der Waals surface area contributed by atoms with E-state index in [-0.39, 0.29) is 36.5 Å². The fraction of sp³-hybridized carbons (Fsp3) is 0.264. The predicted octanol–water partition coefficient (Wildman–Crippen LogP) is 7.91. The van der Waals surface area contributed by atoms with Crippen LogP contribution in [0, 0.1) is 145 Å². The van der Waals surface area contributed by atoms with Gasteiger partial charge in [-0.15, -0.1) is 6.42 Å². The first-order valence-corrected chi connectivity index (χ1v) is 29.8. The molecule has 0 N–H and O–H groups in total. The molecule has 87 heavy (non-hydrogen) atoms. The van der Waals surface area contributed by atoms with Crippen molar-refractivity contribution in [3.05, 3.63) is 157 Å². The summed E-state index contributed by atoms with van der Waals surface area (Å²) in [7, 11) is 0.224. The summed E-state index contributed by atoms with van der Waals surface area (Å²) < 4.78 is 46.1. The van der Waals surface area contributed by atoms with E-state index in [4.69, 9.17) is 39.3 Å². The molecule has 2 heterocycles. The Morgan fingerprint density at radius 2 is 1.14 bits per heavy atom. The highest BCUT2D eigenvalue weighted by Gasteiger charge is 2.54. The van der Waals surface area contributed by atoms with Crippen molar-refractivity contribution in [2.45, 2.75) is 103 Å². The van der Waals surface area contributed by atoms with Crippen LogP contribution < -0.4 is 25.5 Å². The summed E-state index contributed by atoms with van der Waals surface area (Å²) in [6, 6.07) is 28.3. The molecule has 1 aliphatic heterocycles. The van der Waals surface area contributed by atoms with Crippen LogP contribution in [0.5, 0.6) is 17.2 Å². The molecular weight excluding hydrogens is 1110 g/mol. The smallest absolute Gasteiger partial charge is 0.340 e. The first-order chi connectivity index (χ1) is 41.8. The number of nitrogens with zero attached hydrogens (tertiary/aromatic N) is 2. The summed E-state index contributed by atoms with van der Waals surface area (Å²) in [5, 5.41) is -0.441. The molecule has 0 aliphatic carbocycles. The van der Waals surface area contributed by atoms with Gasteiger partial charge in [0.2, 0.25) is 0 Å². The summed E-state index contributed by atoms with van der Waals surface area (Å²) in [6.45, 7) is 14.6.